The van der Waals surface area contributed by atoms with Crippen molar-refractivity contribution in [2.75, 3.05) is 0 Å². The first kappa shape index (κ1) is 30.8. The van der Waals surface area contributed by atoms with Gasteiger partial charge in [0.25, 0.3) is 0 Å². The highest BCUT2D eigenvalue weighted by atomic mass is 16.3. The monoisotopic (exact) mass is 690 g/mol. The van der Waals surface area contributed by atoms with Crippen molar-refractivity contribution in [1.29, 1.82) is 0 Å². The Morgan fingerprint density at radius 2 is 1.20 bits per heavy atom. The van der Waals surface area contributed by atoms with Crippen molar-refractivity contribution in [3.63, 3.8) is 0 Å². The number of nitrogens with zero attached hydrogens (tertiary/aromatic N) is 2. The molecule has 0 N–H and O–H groups in total. The summed E-state index contributed by atoms with van der Waals surface area (Å²) in [6.07, 6.45) is 17.1. The number of rotatable bonds is 5. The molecule has 2 unspecified atom stereocenters. The van der Waals surface area contributed by atoms with Crippen LogP contribution in [0.4, 0.5) is 0 Å². The quantitative estimate of drug-likeness (QED) is 0.180. The third-order valence-corrected chi connectivity index (χ3v) is 11.5. The van der Waals surface area contributed by atoms with Crippen LogP contribution in [0.25, 0.3) is 100 Å². The van der Waals surface area contributed by atoms with E-state index >= 15 is 0 Å². The first-order valence-electron chi connectivity index (χ1n) is 18.7. The van der Waals surface area contributed by atoms with Crippen LogP contribution in [0.1, 0.15) is 29.5 Å². The van der Waals surface area contributed by atoms with E-state index in [0.717, 1.165) is 55.3 Å². The number of para-hydroxylation sites is 2. The number of fused-ring (bicyclic) bond motifs is 3. The molecule has 0 saturated heterocycles. The van der Waals surface area contributed by atoms with Gasteiger partial charge in [0, 0.05) is 58.2 Å². The molecule has 3 heteroatoms. The molecule has 0 aliphatic heterocycles. The number of pyridine rings is 2. The number of aromatic nitrogens is 2. The Morgan fingerprint density at radius 3 is 1.94 bits per heavy atom. The van der Waals surface area contributed by atoms with E-state index in [1.807, 2.05) is 49.1 Å². The summed E-state index contributed by atoms with van der Waals surface area (Å²) in [6.45, 7) is 2.34. The molecular formula is C51H34N2O. The van der Waals surface area contributed by atoms with E-state index in [1.54, 1.807) is 0 Å². The van der Waals surface area contributed by atoms with Crippen molar-refractivity contribution in [3.8, 4) is 55.6 Å². The van der Waals surface area contributed by atoms with E-state index in [-0.39, 0.29) is 0 Å². The number of allylic oxidation sites excluding steroid dienone is 2. The highest BCUT2D eigenvalue weighted by Gasteiger charge is 2.29. The fourth-order valence-corrected chi connectivity index (χ4v) is 8.84. The van der Waals surface area contributed by atoms with Gasteiger partial charge >= 0.3 is 0 Å². The van der Waals surface area contributed by atoms with Crippen LogP contribution >= 0.6 is 0 Å². The lowest BCUT2D eigenvalue weighted by atomic mass is 9.72. The zero-order chi connectivity index (χ0) is 35.8. The van der Waals surface area contributed by atoms with Gasteiger partial charge in [0.15, 0.2) is 0 Å². The van der Waals surface area contributed by atoms with E-state index in [1.165, 1.54) is 49.7 Å². The summed E-state index contributed by atoms with van der Waals surface area (Å²) in [5, 5.41) is 4.92. The Hall–Kier alpha value is -6.84. The van der Waals surface area contributed by atoms with Crippen LogP contribution in [0.15, 0.2) is 169 Å². The molecule has 2 aliphatic carbocycles. The highest BCUT2D eigenvalue weighted by molar-refractivity contribution is 6.11. The van der Waals surface area contributed by atoms with Crippen LogP contribution in [-0.2, 0) is 0 Å². The molecule has 0 amide bonds. The first-order chi connectivity index (χ1) is 26.7. The number of hydrogen-bond donors (Lipinski definition) is 0. The molecule has 54 heavy (non-hydrogen) atoms. The summed E-state index contributed by atoms with van der Waals surface area (Å²) in [7, 11) is 0. The molecular weight excluding hydrogens is 657 g/mol. The predicted molar refractivity (Wildman–Crippen MR) is 224 cm³/mol. The topological polar surface area (TPSA) is 38.9 Å². The molecule has 6 aromatic carbocycles. The van der Waals surface area contributed by atoms with Crippen LogP contribution in [-0.4, -0.2) is 9.97 Å². The molecule has 3 nitrogen and oxygen atoms in total. The van der Waals surface area contributed by atoms with Gasteiger partial charge in [-0.3, -0.25) is 9.97 Å². The van der Waals surface area contributed by atoms with Crippen molar-refractivity contribution in [1.82, 2.24) is 9.97 Å². The molecule has 0 saturated carbocycles. The molecule has 11 rings (SSSR count). The van der Waals surface area contributed by atoms with E-state index in [0.29, 0.717) is 11.8 Å². The lowest BCUT2D eigenvalue weighted by Crippen LogP contribution is -2.14. The fraction of sp³-hybridized carbons (Fsp3) is 0.0588. The number of furan rings is 1. The molecule has 254 valence electrons. The smallest absolute Gasteiger partial charge is 0.143 e. The molecule has 0 bridgehead atoms. The van der Waals surface area contributed by atoms with Crippen molar-refractivity contribution < 1.29 is 4.42 Å². The van der Waals surface area contributed by atoms with E-state index in [2.05, 4.69) is 144 Å². The van der Waals surface area contributed by atoms with Crippen LogP contribution in [0.5, 0.6) is 0 Å². The summed E-state index contributed by atoms with van der Waals surface area (Å²) in [4.78, 5) is 8.95. The summed E-state index contributed by atoms with van der Waals surface area (Å²) >= 11 is 0. The van der Waals surface area contributed by atoms with Gasteiger partial charge in [-0.05, 0) is 115 Å². The SMILES string of the molecule is CC1C=Cc2ccc3c(-c4cc(-c5cccnc5)cc(-c5cccnc5)c4)cc(-c4ccc(-c5cccc6c5oc5ccccc56)cc4)c4c3c2C1C=C4. The Morgan fingerprint density at radius 1 is 0.500 bits per heavy atom. The van der Waals surface area contributed by atoms with Gasteiger partial charge in [-0.25, -0.2) is 0 Å². The first-order valence-corrected chi connectivity index (χ1v) is 18.7. The third kappa shape index (κ3) is 4.82. The van der Waals surface area contributed by atoms with Crippen LogP contribution < -0.4 is 0 Å². The minimum Gasteiger partial charge on any atom is -0.455 e. The lowest BCUT2D eigenvalue weighted by molar-refractivity contribution is 0.640. The summed E-state index contributed by atoms with van der Waals surface area (Å²) in [5.41, 5.74) is 17.3. The second-order valence-corrected chi connectivity index (χ2v) is 14.6. The predicted octanol–water partition coefficient (Wildman–Crippen LogP) is 13.6. The molecule has 0 spiro atoms. The van der Waals surface area contributed by atoms with Gasteiger partial charge in [0.05, 0.1) is 0 Å². The zero-order valence-electron chi connectivity index (χ0n) is 29.7. The minimum absolute atomic E-state index is 0.337. The normalized spacial score (nSPS) is 15.7. The minimum atomic E-state index is 0.337. The van der Waals surface area contributed by atoms with Gasteiger partial charge in [0.2, 0.25) is 0 Å². The average Bonchev–Trinajstić information content (AvgIpc) is 3.63. The van der Waals surface area contributed by atoms with Crippen LogP contribution in [0.3, 0.4) is 0 Å². The van der Waals surface area contributed by atoms with Crippen molar-refractivity contribution in [2.45, 2.75) is 12.8 Å². The van der Waals surface area contributed by atoms with E-state index < -0.39 is 0 Å². The van der Waals surface area contributed by atoms with Gasteiger partial charge in [-0.2, -0.15) is 0 Å². The third-order valence-electron chi connectivity index (χ3n) is 11.5. The molecule has 2 atom stereocenters. The average molecular weight is 691 g/mol. The second-order valence-electron chi connectivity index (χ2n) is 14.6. The van der Waals surface area contributed by atoms with E-state index in [4.69, 9.17) is 4.42 Å². The number of benzene rings is 6. The fourth-order valence-electron chi connectivity index (χ4n) is 8.84. The van der Waals surface area contributed by atoms with Crippen LogP contribution in [0.2, 0.25) is 0 Å². The van der Waals surface area contributed by atoms with Gasteiger partial charge in [-0.1, -0.05) is 116 Å². The lowest BCUT2D eigenvalue weighted by Gasteiger charge is -2.31. The zero-order valence-corrected chi connectivity index (χ0v) is 29.7. The summed E-state index contributed by atoms with van der Waals surface area (Å²) < 4.78 is 6.43. The van der Waals surface area contributed by atoms with Crippen molar-refractivity contribution in [2.24, 2.45) is 5.92 Å². The Balaban J connectivity index is 1.14. The highest BCUT2D eigenvalue weighted by Crippen LogP contribution is 2.50. The molecule has 3 aromatic heterocycles. The van der Waals surface area contributed by atoms with Gasteiger partial charge in [-0.15, -0.1) is 0 Å². The molecule has 0 fully saturated rings. The van der Waals surface area contributed by atoms with Gasteiger partial charge in [0.1, 0.15) is 11.2 Å². The second kappa shape index (κ2) is 12.1. The maximum atomic E-state index is 6.43. The molecule has 3 heterocycles. The Labute approximate surface area is 313 Å². The largest absolute Gasteiger partial charge is 0.455 e. The summed E-state index contributed by atoms with van der Waals surface area (Å²) in [5.74, 6) is 0.759. The standard InChI is InChI=1S/C51H34N2O/c1-31-13-14-34-19-20-43-47(39-26-37(35-7-5-23-52-29-35)25-38(27-39)36-8-6-24-53-30-36)28-46(44-22-21-40(31)49(34)50(43)44)33-17-15-32(16-18-33)41-10-4-11-45-42-9-2-3-12-48(42)54-51(41)45/h2-31,40H,1H3. The maximum Gasteiger partial charge on any atom is 0.143 e. The van der Waals surface area contributed by atoms with Crippen molar-refractivity contribution in [3.05, 3.63) is 181 Å². The number of hydrogen-bond acceptors (Lipinski definition) is 3. The Bertz CT molecular complexity index is 2930. The Kier molecular flexibility index (Phi) is 6.90. The molecule has 0 radical (unpaired) electrons. The van der Waals surface area contributed by atoms with E-state index in [9.17, 15) is 0 Å². The summed E-state index contributed by atoms with van der Waals surface area (Å²) in [6, 6.07) is 46.1. The van der Waals surface area contributed by atoms with Crippen LogP contribution in [0, 0.1) is 5.92 Å². The molecule has 2 aliphatic rings. The van der Waals surface area contributed by atoms with Crippen molar-refractivity contribution >= 4 is 44.9 Å². The molecule has 9 aromatic rings. The van der Waals surface area contributed by atoms with Gasteiger partial charge < -0.3 is 4.42 Å². The maximum absolute atomic E-state index is 6.43.